The van der Waals surface area contributed by atoms with E-state index >= 15 is 0 Å². The minimum atomic E-state index is 0.149. The second kappa shape index (κ2) is 5.27. The Morgan fingerprint density at radius 1 is 0.591 bits per heavy atom. The Hall–Kier alpha value is -2.67. The van der Waals surface area contributed by atoms with Crippen molar-refractivity contribution in [3.63, 3.8) is 0 Å². The van der Waals surface area contributed by atoms with E-state index in [0.717, 1.165) is 5.71 Å². The van der Waals surface area contributed by atoms with Gasteiger partial charge in [-0.2, -0.15) is 0 Å². The first-order chi connectivity index (χ1) is 10.8. The molecule has 0 spiro atoms. The van der Waals surface area contributed by atoms with Crippen LogP contribution in [0.3, 0.4) is 0 Å². The smallest absolute Gasteiger partial charge is 0.0738 e. The average Bonchev–Trinajstić information content (AvgIpc) is 2.90. The van der Waals surface area contributed by atoms with Gasteiger partial charge in [-0.05, 0) is 23.6 Å². The van der Waals surface area contributed by atoms with Crippen LogP contribution >= 0.6 is 0 Å². The number of hydrogen-bond acceptors (Lipinski definition) is 1. The standard InChI is InChI=1S/C21H17N/c1-15(16-9-3-2-4-10-16)22-21-19-13-7-5-11-17(19)18-12-6-8-14-20(18)21/h2-15H,1H3/t15-/m0/s1. The number of fused-ring (bicyclic) bond motifs is 3. The summed E-state index contributed by atoms with van der Waals surface area (Å²) in [6.07, 6.45) is 0. The van der Waals surface area contributed by atoms with Crippen molar-refractivity contribution in [3.8, 4) is 11.1 Å². The van der Waals surface area contributed by atoms with Crippen LogP contribution in [0, 0.1) is 0 Å². The molecule has 1 atom stereocenters. The first-order valence-electron chi connectivity index (χ1n) is 7.66. The molecule has 0 radical (unpaired) electrons. The second-order valence-electron chi connectivity index (χ2n) is 5.66. The molecule has 0 aromatic heterocycles. The molecule has 1 aliphatic rings. The number of aliphatic imine (C=N–C) groups is 1. The van der Waals surface area contributed by atoms with Crippen molar-refractivity contribution in [2.75, 3.05) is 0 Å². The summed E-state index contributed by atoms with van der Waals surface area (Å²) in [6.45, 7) is 2.16. The summed E-state index contributed by atoms with van der Waals surface area (Å²) in [4.78, 5) is 5.05. The molecule has 0 fully saturated rings. The van der Waals surface area contributed by atoms with E-state index in [1.54, 1.807) is 0 Å². The van der Waals surface area contributed by atoms with Crippen molar-refractivity contribution in [2.24, 2.45) is 4.99 Å². The van der Waals surface area contributed by atoms with Gasteiger partial charge in [-0.3, -0.25) is 4.99 Å². The highest BCUT2D eigenvalue weighted by Gasteiger charge is 2.24. The van der Waals surface area contributed by atoms with Crippen LogP contribution in [0.5, 0.6) is 0 Å². The van der Waals surface area contributed by atoms with Crippen LogP contribution in [0.25, 0.3) is 11.1 Å². The summed E-state index contributed by atoms with van der Waals surface area (Å²) >= 11 is 0. The lowest BCUT2D eigenvalue weighted by atomic mass is 10.1. The van der Waals surface area contributed by atoms with Crippen molar-refractivity contribution >= 4 is 5.71 Å². The molecule has 1 heteroatoms. The molecule has 0 bridgehead atoms. The number of benzene rings is 3. The molecule has 4 rings (SSSR count). The summed E-state index contributed by atoms with van der Waals surface area (Å²) in [5, 5.41) is 0. The van der Waals surface area contributed by atoms with E-state index in [4.69, 9.17) is 4.99 Å². The first kappa shape index (κ1) is 13.0. The van der Waals surface area contributed by atoms with Gasteiger partial charge in [0.25, 0.3) is 0 Å². The molecular weight excluding hydrogens is 266 g/mol. The van der Waals surface area contributed by atoms with E-state index in [0.29, 0.717) is 0 Å². The molecule has 0 saturated heterocycles. The van der Waals surface area contributed by atoms with Gasteiger partial charge < -0.3 is 0 Å². The Balaban J connectivity index is 1.86. The third-order valence-electron chi connectivity index (χ3n) is 4.26. The molecule has 0 N–H and O–H groups in total. The van der Waals surface area contributed by atoms with E-state index in [-0.39, 0.29) is 6.04 Å². The number of hydrogen-bond donors (Lipinski definition) is 0. The van der Waals surface area contributed by atoms with Crippen LogP contribution in [0.2, 0.25) is 0 Å². The molecule has 0 saturated carbocycles. The van der Waals surface area contributed by atoms with Gasteiger partial charge in [-0.1, -0.05) is 78.9 Å². The highest BCUT2D eigenvalue weighted by atomic mass is 14.8. The quantitative estimate of drug-likeness (QED) is 0.475. The fourth-order valence-corrected chi connectivity index (χ4v) is 3.13. The molecule has 106 valence electrons. The van der Waals surface area contributed by atoms with Crippen LogP contribution < -0.4 is 0 Å². The first-order valence-corrected chi connectivity index (χ1v) is 7.66. The van der Waals surface area contributed by atoms with Crippen molar-refractivity contribution < 1.29 is 0 Å². The predicted molar refractivity (Wildman–Crippen MR) is 92.4 cm³/mol. The van der Waals surface area contributed by atoms with Crippen molar-refractivity contribution in [3.05, 3.63) is 95.6 Å². The molecular formula is C21H17N. The number of rotatable bonds is 2. The molecule has 1 nitrogen and oxygen atoms in total. The van der Waals surface area contributed by atoms with Gasteiger partial charge in [-0.15, -0.1) is 0 Å². The summed E-state index contributed by atoms with van der Waals surface area (Å²) in [5.74, 6) is 0. The van der Waals surface area contributed by atoms with Gasteiger partial charge in [0.1, 0.15) is 0 Å². The van der Waals surface area contributed by atoms with Crippen molar-refractivity contribution in [2.45, 2.75) is 13.0 Å². The third kappa shape index (κ3) is 2.06. The molecule has 3 aromatic rings. The summed E-state index contributed by atoms with van der Waals surface area (Å²) in [7, 11) is 0. The number of nitrogens with zero attached hydrogens (tertiary/aromatic N) is 1. The van der Waals surface area contributed by atoms with E-state index in [1.807, 2.05) is 6.07 Å². The maximum atomic E-state index is 5.05. The SMILES string of the molecule is C[C@H](N=C1c2ccccc2-c2ccccc21)c1ccccc1. The van der Waals surface area contributed by atoms with Crippen molar-refractivity contribution in [1.82, 2.24) is 0 Å². The molecule has 0 unspecified atom stereocenters. The Labute approximate surface area is 131 Å². The lowest BCUT2D eigenvalue weighted by molar-refractivity contribution is 0.821. The fourth-order valence-electron chi connectivity index (χ4n) is 3.13. The zero-order chi connectivity index (χ0) is 14.9. The maximum Gasteiger partial charge on any atom is 0.0738 e. The molecule has 3 aromatic carbocycles. The van der Waals surface area contributed by atoms with Gasteiger partial charge in [-0.25, -0.2) is 0 Å². The Kier molecular flexibility index (Phi) is 3.12. The normalized spacial score (nSPS) is 13.4. The van der Waals surface area contributed by atoms with Gasteiger partial charge >= 0.3 is 0 Å². The van der Waals surface area contributed by atoms with Crippen LogP contribution in [0.4, 0.5) is 0 Å². The minimum absolute atomic E-state index is 0.149. The highest BCUT2D eigenvalue weighted by Crippen LogP contribution is 2.37. The Morgan fingerprint density at radius 3 is 1.59 bits per heavy atom. The van der Waals surface area contributed by atoms with Gasteiger partial charge in [0.15, 0.2) is 0 Å². The zero-order valence-electron chi connectivity index (χ0n) is 12.5. The summed E-state index contributed by atoms with van der Waals surface area (Å²) in [5.41, 5.74) is 7.42. The van der Waals surface area contributed by atoms with E-state index in [9.17, 15) is 0 Å². The van der Waals surface area contributed by atoms with Crippen LogP contribution in [-0.2, 0) is 0 Å². The largest absolute Gasteiger partial charge is 0.276 e. The van der Waals surface area contributed by atoms with Crippen LogP contribution in [0.15, 0.2) is 83.9 Å². The third-order valence-corrected chi connectivity index (χ3v) is 4.26. The predicted octanol–water partition coefficient (Wildman–Crippen LogP) is 5.27. The van der Waals surface area contributed by atoms with Gasteiger partial charge in [0, 0.05) is 11.1 Å². The maximum absolute atomic E-state index is 5.05. The molecule has 0 amide bonds. The minimum Gasteiger partial charge on any atom is -0.276 e. The lowest BCUT2D eigenvalue weighted by Crippen LogP contribution is -2.01. The molecule has 1 aliphatic carbocycles. The van der Waals surface area contributed by atoms with Crippen molar-refractivity contribution in [1.29, 1.82) is 0 Å². The Morgan fingerprint density at radius 2 is 1.05 bits per heavy atom. The molecule has 22 heavy (non-hydrogen) atoms. The molecule has 0 heterocycles. The monoisotopic (exact) mass is 283 g/mol. The van der Waals surface area contributed by atoms with E-state index in [2.05, 4.69) is 79.7 Å². The topological polar surface area (TPSA) is 12.4 Å². The van der Waals surface area contributed by atoms with Crippen LogP contribution in [0.1, 0.15) is 29.7 Å². The lowest BCUT2D eigenvalue weighted by Gasteiger charge is -2.09. The van der Waals surface area contributed by atoms with E-state index in [1.165, 1.54) is 27.8 Å². The summed E-state index contributed by atoms with van der Waals surface area (Å²) < 4.78 is 0. The molecule has 0 aliphatic heterocycles. The van der Waals surface area contributed by atoms with Crippen LogP contribution in [-0.4, -0.2) is 5.71 Å². The average molecular weight is 283 g/mol. The Bertz CT molecular complexity index is 799. The van der Waals surface area contributed by atoms with E-state index < -0.39 is 0 Å². The highest BCUT2D eigenvalue weighted by molar-refractivity contribution is 6.24. The summed E-state index contributed by atoms with van der Waals surface area (Å²) in [6, 6.07) is 27.7. The zero-order valence-corrected chi connectivity index (χ0v) is 12.5. The fraction of sp³-hybridized carbons (Fsp3) is 0.0952. The van der Waals surface area contributed by atoms with Gasteiger partial charge in [0.2, 0.25) is 0 Å². The second-order valence-corrected chi connectivity index (χ2v) is 5.66. The van der Waals surface area contributed by atoms with Gasteiger partial charge in [0.05, 0.1) is 11.8 Å².